The van der Waals surface area contributed by atoms with Gasteiger partial charge in [-0.05, 0) is 68.1 Å². The van der Waals surface area contributed by atoms with Gasteiger partial charge in [0.05, 0.1) is 16.9 Å². The van der Waals surface area contributed by atoms with Gasteiger partial charge >= 0.3 is 0 Å². The predicted octanol–water partition coefficient (Wildman–Crippen LogP) is 6.58. The fourth-order valence-electron chi connectivity index (χ4n) is 5.60. The van der Waals surface area contributed by atoms with Crippen LogP contribution >= 0.6 is 0 Å². The van der Waals surface area contributed by atoms with Gasteiger partial charge in [0.25, 0.3) is 0 Å². The molecule has 0 amide bonds. The van der Waals surface area contributed by atoms with E-state index in [1.54, 1.807) is 0 Å². The van der Waals surface area contributed by atoms with Crippen molar-refractivity contribution in [3.63, 3.8) is 0 Å². The van der Waals surface area contributed by atoms with Crippen LogP contribution in [0.5, 0.6) is 0 Å². The summed E-state index contributed by atoms with van der Waals surface area (Å²) in [5, 5.41) is 1.25. The molecule has 2 aliphatic rings. The number of fused-ring (bicyclic) bond motifs is 5. The maximum Gasteiger partial charge on any atom is 0.0705 e. The van der Waals surface area contributed by atoms with E-state index in [0.29, 0.717) is 6.04 Å². The van der Waals surface area contributed by atoms with Crippen molar-refractivity contribution in [2.45, 2.75) is 52.2 Å². The van der Waals surface area contributed by atoms with E-state index in [2.05, 4.69) is 96.4 Å². The molecule has 0 aliphatic carbocycles. The van der Waals surface area contributed by atoms with Crippen LogP contribution in [-0.2, 0) is 19.5 Å². The number of para-hydroxylation sites is 2. The maximum absolute atomic E-state index is 5.22. The van der Waals surface area contributed by atoms with Crippen molar-refractivity contribution in [2.24, 2.45) is 0 Å². The maximum atomic E-state index is 5.22. The van der Waals surface area contributed by atoms with Crippen LogP contribution in [0.4, 0.5) is 11.4 Å². The first-order valence-corrected chi connectivity index (χ1v) is 12.2. The van der Waals surface area contributed by atoms with Gasteiger partial charge in [-0.3, -0.25) is 4.98 Å². The number of hydrogen-bond acceptors (Lipinski definition) is 3. The Labute approximate surface area is 196 Å². The lowest BCUT2D eigenvalue weighted by Crippen LogP contribution is -2.32. The van der Waals surface area contributed by atoms with Crippen LogP contribution < -0.4 is 9.80 Å². The molecule has 3 nitrogen and oxygen atoms in total. The van der Waals surface area contributed by atoms with Gasteiger partial charge in [-0.15, -0.1) is 0 Å². The molecule has 1 unspecified atom stereocenters. The zero-order valence-electron chi connectivity index (χ0n) is 19.6. The van der Waals surface area contributed by atoms with Gasteiger partial charge in [0.2, 0.25) is 0 Å². The molecule has 33 heavy (non-hydrogen) atoms. The first-order valence-electron chi connectivity index (χ1n) is 12.2. The third-order valence-corrected chi connectivity index (χ3v) is 7.33. The van der Waals surface area contributed by atoms with Crippen LogP contribution in [-0.4, -0.2) is 17.6 Å². The molecule has 0 N–H and O–H groups in total. The summed E-state index contributed by atoms with van der Waals surface area (Å²) in [5.41, 5.74) is 10.4. The van der Waals surface area contributed by atoms with Crippen molar-refractivity contribution in [3.05, 3.63) is 101 Å². The Morgan fingerprint density at radius 2 is 1.67 bits per heavy atom. The summed E-state index contributed by atoms with van der Waals surface area (Å²) in [4.78, 5) is 10.4. The van der Waals surface area contributed by atoms with Crippen LogP contribution in [0.1, 0.15) is 40.8 Å². The summed E-state index contributed by atoms with van der Waals surface area (Å²) >= 11 is 0. The molecule has 2 aliphatic heterocycles. The number of benzene rings is 3. The van der Waals surface area contributed by atoms with Gasteiger partial charge in [-0.2, -0.15) is 0 Å². The SMILES string of the molecule is Cc1ccc(CN2Cc3cc4cc(C)ccc4nc3CC3CCCN3c3ccccc32)cc1. The molecule has 6 rings (SSSR count). The van der Waals surface area contributed by atoms with E-state index < -0.39 is 0 Å². The molecule has 3 aromatic carbocycles. The van der Waals surface area contributed by atoms with Crippen LogP contribution in [0, 0.1) is 13.8 Å². The van der Waals surface area contributed by atoms with Gasteiger partial charge < -0.3 is 9.80 Å². The van der Waals surface area contributed by atoms with Crippen molar-refractivity contribution >= 4 is 22.3 Å². The molecule has 0 bridgehead atoms. The summed E-state index contributed by atoms with van der Waals surface area (Å²) in [6, 6.07) is 27.5. The van der Waals surface area contributed by atoms with Gasteiger partial charge in [0, 0.05) is 43.2 Å². The number of aromatic nitrogens is 1. The minimum atomic E-state index is 0.514. The van der Waals surface area contributed by atoms with E-state index >= 15 is 0 Å². The number of pyridine rings is 1. The normalized spacial score (nSPS) is 17.7. The molecular formula is C30H31N3. The van der Waals surface area contributed by atoms with E-state index in [1.165, 1.54) is 57.6 Å². The van der Waals surface area contributed by atoms with Crippen molar-refractivity contribution in [2.75, 3.05) is 16.3 Å². The van der Waals surface area contributed by atoms with Gasteiger partial charge in [0.1, 0.15) is 0 Å². The summed E-state index contributed by atoms with van der Waals surface area (Å²) in [6.07, 6.45) is 3.50. The number of anilines is 2. The second-order valence-corrected chi connectivity index (χ2v) is 9.81. The lowest BCUT2D eigenvalue weighted by Gasteiger charge is -2.32. The molecule has 0 radical (unpaired) electrons. The van der Waals surface area contributed by atoms with Crippen LogP contribution in [0.2, 0.25) is 0 Å². The van der Waals surface area contributed by atoms with E-state index in [-0.39, 0.29) is 0 Å². The quantitative estimate of drug-likeness (QED) is 0.356. The van der Waals surface area contributed by atoms with E-state index in [9.17, 15) is 0 Å². The van der Waals surface area contributed by atoms with Crippen molar-refractivity contribution in [1.82, 2.24) is 4.98 Å². The summed E-state index contributed by atoms with van der Waals surface area (Å²) < 4.78 is 0. The lowest BCUT2D eigenvalue weighted by molar-refractivity contribution is 0.653. The largest absolute Gasteiger partial charge is 0.366 e. The van der Waals surface area contributed by atoms with Crippen molar-refractivity contribution in [3.8, 4) is 0 Å². The highest BCUT2D eigenvalue weighted by molar-refractivity contribution is 5.81. The Kier molecular flexibility index (Phi) is 5.05. The van der Waals surface area contributed by atoms with Crippen molar-refractivity contribution < 1.29 is 0 Å². The topological polar surface area (TPSA) is 19.4 Å². The van der Waals surface area contributed by atoms with Gasteiger partial charge in [0.15, 0.2) is 0 Å². The summed E-state index contributed by atoms with van der Waals surface area (Å²) in [5.74, 6) is 0. The molecule has 0 saturated carbocycles. The van der Waals surface area contributed by atoms with E-state index in [4.69, 9.17) is 4.98 Å². The second-order valence-electron chi connectivity index (χ2n) is 9.81. The zero-order valence-corrected chi connectivity index (χ0v) is 19.6. The molecule has 1 fully saturated rings. The van der Waals surface area contributed by atoms with Gasteiger partial charge in [-0.25, -0.2) is 0 Å². The highest BCUT2D eigenvalue weighted by Gasteiger charge is 2.31. The van der Waals surface area contributed by atoms with Crippen LogP contribution in [0.3, 0.4) is 0 Å². The molecular weight excluding hydrogens is 402 g/mol. The second kappa shape index (κ2) is 8.22. The molecule has 3 heteroatoms. The first kappa shape index (κ1) is 20.3. The first-order chi connectivity index (χ1) is 16.1. The number of rotatable bonds is 2. The average Bonchev–Trinajstić information content (AvgIpc) is 3.29. The molecule has 1 aromatic heterocycles. The molecule has 166 valence electrons. The third-order valence-electron chi connectivity index (χ3n) is 7.33. The molecule has 0 spiro atoms. The molecule has 1 atom stereocenters. The fourth-order valence-corrected chi connectivity index (χ4v) is 5.60. The smallest absolute Gasteiger partial charge is 0.0705 e. The highest BCUT2D eigenvalue weighted by Crippen LogP contribution is 2.39. The Hall–Kier alpha value is -3.33. The minimum absolute atomic E-state index is 0.514. The monoisotopic (exact) mass is 433 g/mol. The van der Waals surface area contributed by atoms with Gasteiger partial charge in [-0.1, -0.05) is 53.6 Å². The number of aryl methyl sites for hydroxylation is 2. The Morgan fingerprint density at radius 3 is 2.52 bits per heavy atom. The predicted molar refractivity (Wildman–Crippen MR) is 138 cm³/mol. The summed E-state index contributed by atoms with van der Waals surface area (Å²) in [6.45, 7) is 7.21. The van der Waals surface area contributed by atoms with Crippen molar-refractivity contribution in [1.29, 1.82) is 0 Å². The Morgan fingerprint density at radius 1 is 0.879 bits per heavy atom. The number of nitrogens with zero attached hydrogens (tertiary/aromatic N) is 3. The average molecular weight is 434 g/mol. The van der Waals surface area contributed by atoms with Crippen LogP contribution in [0.15, 0.2) is 72.8 Å². The number of hydrogen-bond donors (Lipinski definition) is 0. The minimum Gasteiger partial charge on any atom is -0.366 e. The third kappa shape index (κ3) is 3.86. The molecule has 3 heterocycles. The lowest BCUT2D eigenvalue weighted by atomic mass is 10.0. The zero-order chi connectivity index (χ0) is 22.4. The van der Waals surface area contributed by atoms with E-state index in [0.717, 1.165) is 31.6 Å². The Balaban J connectivity index is 1.51. The molecule has 4 aromatic rings. The standard InChI is InChI=1S/C30H31N3/c1-21-9-12-23(13-10-21)19-32-20-25-17-24-16-22(2)11-14-27(24)31-28(25)18-26-6-5-15-33(26)30-8-4-3-7-29(30)32/h3-4,7-14,16-17,26H,5-6,15,18-20H2,1-2H3. The fraction of sp³-hybridized carbons (Fsp3) is 0.300. The van der Waals surface area contributed by atoms with Crippen LogP contribution in [0.25, 0.3) is 10.9 Å². The molecule has 1 saturated heterocycles. The summed E-state index contributed by atoms with van der Waals surface area (Å²) in [7, 11) is 0. The Bertz CT molecular complexity index is 1310. The van der Waals surface area contributed by atoms with E-state index in [1.807, 2.05) is 0 Å². The highest BCUT2D eigenvalue weighted by atomic mass is 15.2.